The van der Waals surface area contributed by atoms with Gasteiger partial charge in [0, 0.05) is 13.1 Å². The molecule has 2 heterocycles. The molecule has 0 aliphatic carbocycles. The largest absolute Gasteiger partial charge is 0.489 e. The zero-order valence-corrected chi connectivity index (χ0v) is 12.5. The van der Waals surface area contributed by atoms with Crippen molar-refractivity contribution in [3.8, 4) is 5.75 Å². The molecular formula is C17H26N2O. The number of likely N-dealkylation sites (N-methyl/N-ethyl adjacent to an activating group) is 1. The standard InChI is InChI=1S/C17H26N2O/c1-19-11-3-5-17(13-19)20-16-8-6-14(7-9-16)15-4-2-10-18-12-15/h6-9,15,17-18H,2-5,10-13H2,1H3. The molecule has 3 rings (SSSR count). The minimum absolute atomic E-state index is 0.357. The molecule has 0 saturated carbocycles. The molecule has 2 unspecified atom stereocenters. The molecule has 0 spiro atoms. The van der Waals surface area contributed by atoms with Crippen molar-refractivity contribution in [3.05, 3.63) is 29.8 Å². The molecule has 1 aromatic rings. The Morgan fingerprint density at radius 3 is 2.70 bits per heavy atom. The van der Waals surface area contributed by atoms with Gasteiger partial charge in [-0.15, -0.1) is 0 Å². The second-order valence-corrected chi connectivity index (χ2v) is 6.26. The number of likely N-dealkylation sites (tertiary alicyclic amines) is 1. The minimum atomic E-state index is 0.357. The molecule has 2 fully saturated rings. The predicted octanol–water partition coefficient (Wildman–Crippen LogP) is 2.63. The molecule has 110 valence electrons. The van der Waals surface area contributed by atoms with E-state index < -0.39 is 0 Å². The van der Waals surface area contributed by atoms with E-state index in [2.05, 4.69) is 41.5 Å². The van der Waals surface area contributed by atoms with Gasteiger partial charge in [-0.1, -0.05) is 12.1 Å². The average molecular weight is 274 g/mol. The highest BCUT2D eigenvalue weighted by atomic mass is 16.5. The highest BCUT2D eigenvalue weighted by molar-refractivity contribution is 5.30. The van der Waals surface area contributed by atoms with Crippen molar-refractivity contribution in [2.75, 3.05) is 33.2 Å². The van der Waals surface area contributed by atoms with Crippen LogP contribution in [0.4, 0.5) is 0 Å². The summed E-state index contributed by atoms with van der Waals surface area (Å²) in [5, 5.41) is 3.48. The monoisotopic (exact) mass is 274 g/mol. The molecule has 2 aliphatic heterocycles. The number of rotatable bonds is 3. The Labute approximate surface area is 122 Å². The molecule has 0 amide bonds. The Hall–Kier alpha value is -1.06. The van der Waals surface area contributed by atoms with Crippen LogP contribution in [0.25, 0.3) is 0 Å². The highest BCUT2D eigenvalue weighted by Gasteiger charge is 2.19. The smallest absolute Gasteiger partial charge is 0.119 e. The molecule has 1 aromatic carbocycles. The van der Waals surface area contributed by atoms with Gasteiger partial charge >= 0.3 is 0 Å². The number of hydrogen-bond donors (Lipinski definition) is 1. The van der Waals surface area contributed by atoms with Crippen LogP contribution in [0, 0.1) is 0 Å². The molecule has 2 saturated heterocycles. The summed E-state index contributed by atoms with van der Waals surface area (Å²) in [5.41, 5.74) is 1.45. The van der Waals surface area contributed by atoms with Crippen LogP contribution < -0.4 is 10.1 Å². The summed E-state index contributed by atoms with van der Waals surface area (Å²) in [5.74, 6) is 1.71. The van der Waals surface area contributed by atoms with E-state index >= 15 is 0 Å². The number of nitrogens with one attached hydrogen (secondary N) is 1. The molecule has 3 nitrogen and oxygen atoms in total. The predicted molar refractivity (Wildman–Crippen MR) is 82.4 cm³/mol. The quantitative estimate of drug-likeness (QED) is 0.917. The summed E-state index contributed by atoms with van der Waals surface area (Å²) < 4.78 is 6.11. The molecule has 0 bridgehead atoms. The van der Waals surface area contributed by atoms with Crippen molar-refractivity contribution in [2.45, 2.75) is 37.7 Å². The third-order valence-electron chi connectivity index (χ3n) is 4.53. The Kier molecular flexibility index (Phi) is 4.58. The lowest BCUT2D eigenvalue weighted by Crippen LogP contribution is -2.38. The van der Waals surface area contributed by atoms with Gasteiger partial charge in [0.2, 0.25) is 0 Å². The van der Waals surface area contributed by atoms with Crippen molar-refractivity contribution in [2.24, 2.45) is 0 Å². The summed E-state index contributed by atoms with van der Waals surface area (Å²) >= 11 is 0. The molecule has 2 atom stereocenters. The topological polar surface area (TPSA) is 24.5 Å². The summed E-state index contributed by atoms with van der Waals surface area (Å²) in [6.07, 6.45) is 5.37. The van der Waals surface area contributed by atoms with Crippen LogP contribution >= 0.6 is 0 Å². The van der Waals surface area contributed by atoms with Gasteiger partial charge in [-0.05, 0) is 69.4 Å². The number of ether oxygens (including phenoxy) is 1. The van der Waals surface area contributed by atoms with Crippen LogP contribution in [0.15, 0.2) is 24.3 Å². The van der Waals surface area contributed by atoms with E-state index in [1.807, 2.05) is 0 Å². The Balaban J connectivity index is 1.58. The van der Waals surface area contributed by atoms with Gasteiger partial charge in [-0.25, -0.2) is 0 Å². The van der Waals surface area contributed by atoms with Gasteiger partial charge in [-0.2, -0.15) is 0 Å². The van der Waals surface area contributed by atoms with E-state index in [-0.39, 0.29) is 0 Å². The van der Waals surface area contributed by atoms with Crippen molar-refractivity contribution < 1.29 is 4.74 Å². The van der Waals surface area contributed by atoms with Gasteiger partial charge in [-0.3, -0.25) is 0 Å². The first-order valence-electron chi connectivity index (χ1n) is 7.97. The zero-order chi connectivity index (χ0) is 13.8. The van der Waals surface area contributed by atoms with E-state index in [4.69, 9.17) is 4.74 Å². The van der Waals surface area contributed by atoms with Crippen molar-refractivity contribution in [3.63, 3.8) is 0 Å². The SMILES string of the molecule is CN1CCCC(Oc2ccc(C3CCCNC3)cc2)C1. The fourth-order valence-corrected chi connectivity index (χ4v) is 3.36. The maximum absolute atomic E-state index is 6.11. The fraction of sp³-hybridized carbons (Fsp3) is 0.647. The van der Waals surface area contributed by atoms with Crippen LogP contribution in [0.2, 0.25) is 0 Å². The van der Waals surface area contributed by atoms with E-state index in [1.165, 1.54) is 44.3 Å². The summed E-state index contributed by atoms with van der Waals surface area (Å²) in [7, 11) is 2.18. The van der Waals surface area contributed by atoms with Gasteiger partial charge < -0.3 is 15.0 Å². The number of piperidine rings is 2. The van der Waals surface area contributed by atoms with Crippen LogP contribution in [0.5, 0.6) is 5.75 Å². The van der Waals surface area contributed by atoms with Gasteiger partial charge in [0.1, 0.15) is 11.9 Å². The second-order valence-electron chi connectivity index (χ2n) is 6.26. The first-order valence-corrected chi connectivity index (χ1v) is 7.97. The van der Waals surface area contributed by atoms with Crippen LogP contribution in [0.1, 0.15) is 37.2 Å². The number of benzene rings is 1. The molecular weight excluding hydrogens is 248 g/mol. The summed E-state index contributed by atoms with van der Waals surface area (Å²) in [4.78, 5) is 2.36. The molecule has 3 heteroatoms. The summed E-state index contributed by atoms with van der Waals surface area (Å²) in [6.45, 7) is 4.54. The lowest BCUT2D eigenvalue weighted by Gasteiger charge is -2.30. The molecule has 0 aromatic heterocycles. The third-order valence-corrected chi connectivity index (χ3v) is 4.53. The lowest BCUT2D eigenvalue weighted by molar-refractivity contribution is 0.104. The maximum atomic E-state index is 6.11. The summed E-state index contributed by atoms with van der Waals surface area (Å²) in [6, 6.07) is 8.80. The highest BCUT2D eigenvalue weighted by Crippen LogP contribution is 2.26. The van der Waals surface area contributed by atoms with E-state index in [0.717, 1.165) is 18.8 Å². The third kappa shape index (κ3) is 3.53. The van der Waals surface area contributed by atoms with Crippen molar-refractivity contribution in [1.82, 2.24) is 10.2 Å². The normalized spacial score (nSPS) is 28.2. The van der Waals surface area contributed by atoms with Gasteiger partial charge in [0.25, 0.3) is 0 Å². The first-order chi connectivity index (χ1) is 9.81. The van der Waals surface area contributed by atoms with Crippen LogP contribution in [0.3, 0.4) is 0 Å². The second kappa shape index (κ2) is 6.59. The Morgan fingerprint density at radius 2 is 2.00 bits per heavy atom. The maximum Gasteiger partial charge on any atom is 0.119 e. The van der Waals surface area contributed by atoms with E-state index in [1.54, 1.807) is 0 Å². The molecule has 2 aliphatic rings. The number of hydrogen-bond acceptors (Lipinski definition) is 3. The molecule has 0 radical (unpaired) electrons. The van der Waals surface area contributed by atoms with Gasteiger partial charge in [0.15, 0.2) is 0 Å². The molecule has 20 heavy (non-hydrogen) atoms. The fourth-order valence-electron chi connectivity index (χ4n) is 3.36. The minimum Gasteiger partial charge on any atom is -0.489 e. The van der Waals surface area contributed by atoms with Gasteiger partial charge in [0.05, 0.1) is 0 Å². The Morgan fingerprint density at radius 1 is 1.15 bits per heavy atom. The van der Waals surface area contributed by atoms with Crippen LogP contribution in [-0.4, -0.2) is 44.2 Å². The lowest BCUT2D eigenvalue weighted by atomic mass is 9.92. The van der Waals surface area contributed by atoms with Crippen molar-refractivity contribution in [1.29, 1.82) is 0 Å². The zero-order valence-electron chi connectivity index (χ0n) is 12.5. The van der Waals surface area contributed by atoms with E-state index in [0.29, 0.717) is 12.0 Å². The number of nitrogens with zero attached hydrogens (tertiary/aromatic N) is 1. The Bertz CT molecular complexity index is 412. The van der Waals surface area contributed by atoms with Crippen molar-refractivity contribution >= 4 is 0 Å². The first kappa shape index (κ1) is 13.9. The average Bonchev–Trinajstić information content (AvgIpc) is 2.49. The van der Waals surface area contributed by atoms with Crippen LogP contribution in [-0.2, 0) is 0 Å². The molecule has 1 N–H and O–H groups in total. The van der Waals surface area contributed by atoms with E-state index in [9.17, 15) is 0 Å².